The second-order valence-electron chi connectivity index (χ2n) is 15.2. The summed E-state index contributed by atoms with van der Waals surface area (Å²) in [6, 6.07) is 24.1. The van der Waals surface area contributed by atoms with Crippen LogP contribution in [0.25, 0.3) is 12.2 Å². The van der Waals surface area contributed by atoms with E-state index < -0.39 is 93.6 Å². The van der Waals surface area contributed by atoms with E-state index in [9.17, 15) is 76.0 Å². The van der Waals surface area contributed by atoms with Gasteiger partial charge in [-0.3, -0.25) is 29.8 Å². The minimum atomic E-state index is -4.31. The van der Waals surface area contributed by atoms with Crippen LogP contribution in [0, 0.1) is 20.2 Å². The van der Waals surface area contributed by atoms with Gasteiger partial charge in [0.25, 0.3) is 11.4 Å². The standard InChI is InChI=1S/C49H40F6N2O14/c50-48(51,52)25-1-27-68-35-18-9-32(10-19-35)46(62)70-37-14-3-30(4-15-37)7-23-41(58)44(60)43(39-22-13-34(56(64)65)29-40(39)57(66)67)45(61)42(59)24-8-31-5-16-38(17-6-31)71-47(63)33-11-20-36(21-12-33)69-28-2-26-49(53,54)55/h3-24,29,43-45,60-61H,1-2,25-28H2/b23-7+,24-8+. The number of hydrogen-bond acceptors (Lipinski definition) is 14. The maximum absolute atomic E-state index is 13.4. The summed E-state index contributed by atoms with van der Waals surface area (Å²) in [6.07, 6.45) is -11.8. The van der Waals surface area contributed by atoms with E-state index >= 15 is 0 Å². The largest absolute Gasteiger partial charge is 0.494 e. The van der Waals surface area contributed by atoms with Gasteiger partial charge in [-0.15, -0.1) is 0 Å². The third-order valence-electron chi connectivity index (χ3n) is 10.0. The van der Waals surface area contributed by atoms with Gasteiger partial charge in [-0.2, -0.15) is 26.3 Å². The van der Waals surface area contributed by atoms with Gasteiger partial charge in [-0.25, -0.2) is 9.59 Å². The predicted octanol–water partition coefficient (Wildman–Crippen LogP) is 9.75. The number of carbonyl (C=O) groups is 4. The summed E-state index contributed by atoms with van der Waals surface area (Å²) < 4.78 is 95.3. The molecule has 0 bridgehead atoms. The highest BCUT2D eigenvalue weighted by molar-refractivity contribution is 6.01. The topological polar surface area (TPSA) is 232 Å². The number of aliphatic hydroxyl groups is 2. The van der Waals surface area contributed by atoms with Gasteiger partial charge in [0, 0.05) is 24.5 Å². The molecule has 0 fully saturated rings. The molecular weight excluding hydrogens is 955 g/mol. The maximum Gasteiger partial charge on any atom is 0.389 e. The van der Waals surface area contributed by atoms with E-state index in [1.807, 2.05) is 0 Å². The summed E-state index contributed by atoms with van der Waals surface area (Å²) in [5.41, 5.74) is -1.53. The molecule has 22 heteroatoms. The van der Waals surface area contributed by atoms with Crippen LogP contribution in [0.3, 0.4) is 0 Å². The number of esters is 2. The molecule has 5 aromatic rings. The zero-order valence-corrected chi connectivity index (χ0v) is 36.7. The van der Waals surface area contributed by atoms with Gasteiger partial charge >= 0.3 is 24.3 Å². The third-order valence-corrected chi connectivity index (χ3v) is 10.0. The Morgan fingerprint density at radius 1 is 0.549 bits per heavy atom. The maximum atomic E-state index is 13.4. The second-order valence-corrected chi connectivity index (χ2v) is 15.2. The highest BCUT2D eigenvalue weighted by atomic mass is 19.4. The number of rotatable bonds is 23. The van der Waals surface area contributed by atoms with Crippen molar-refractivity contribution in [1.29, 1.82) is 0 Å². The Bertz CT molecular complexity index is 2590. The van der Waals surface area contributed by atoms with Crippen LogP contribution < -0.4 is 18.9 Å². The molecule has 372 valence electrons. The Kier molecular flexibility index (Phi) is 18.4. The van der Waals surface area contributed by atoms with Crippen LogP contribution in [0.15, 0.2) is 127 Å². The number of halogens is 6. The first-order valence-electron chi connectivity index (χ1n) is 21.0. The lowest BCUT2D eigenvalue weighted by molar-refractivity contribution is -0.394. The number of carbonyl (C=O) groups excluding carboxylic acids is 4. The summed E-state index contributed by atoms with van der Waals surface area (Å²) in [5, 5.41) is 46.2. The number of ether oxygens (including phenoxy) is 4. The van der Waals surface area contributed by atoms with Crippen LogP contribution in [-0.4, -0.2) is 81.3 Å². The smallest absolute Gasteiger partial charge is 0.389 e. The molecule has 5 aromatic carbocycles. The normalized spacial score (nSPS) is 13.0. The van der Waals surface area contributed by atoms with Gasteiger partial charge in [0.1, 0.15) is 35.2 Å². The van der Waals surface area contributed by atoms with Gasteiger partial charge in [0.05, 0.1) is 46.2 Å². The van der Waals surface area contributed by atoms with Crippen LogP contribution in [0.2, 0.25) is 0 Å². The Morgan fingerprint density at radius 3 is 1.28 bits per heavy atom. The molecule has 0 amide bonds. The number of nitrogens with zero attached hydrogens (tertiary/aromatic N) is 2. The quantitative estimate of drug-likeness (QED) is 0.0118. The van der Waals surface area contributed by atoms with Crippen LogP contribution in [0.1, 0.15) is 69.0 Å². The zero-order valence-electron chi connectivity index (χ0n) is 36.7. The second kappa shape index (κ2) is 24.4. The van der Waals surface area contributed by atoms with Crippen LogP contribution in [0.5, 0.6) is 23.0 Å². The highest BCUT2D eigenvalue weighted by Crippen LogP contribution is 2.36. The van der Waals surface area contributed by atoms with Crippen LogP contribution in [-0.2, 0) is 9.59 Å². The number of ketones is 2. The minimum Gasteiger partial charge on any atom is -0.494 e. The molecule has 0 saturated heterocycles. The van der Waals surface area contributed by atoms with E-state index in [1.54, 1.807) is 0 Å². The van der Waals surface area contributed by atoms with Gasteiger partial charge in [0.2, 0.25) is 0 Å². The molecule has 5 rings (SSSR count). The third kappa shape index (κ3) is 16.7. The van der Waals surface area contributed by atoms with Gasteiger partial charge in [-0.1, -0.05) is 36.4 Å². The van der Waals surface area contributed by atoms with E-state index in [0.29, 0.717) is 17.2 Å². The molecule has 0 spiro atoms. The van der Waals surface area contributed by atoms with Crippen molar-refractivity contribution in [3.63, 3.8) is 0 Å². The van der Waals surface area contributed by atoms with Crippen molar-refractivity contribution in [1.82, 2.24) is 0 Å². The van der Waals surface area contributed by atoms with E-state index in [1.165, 1.54) is 109 Å². The van der Waals surface area contributed by atoms with E-state index in [0.717, 1.165) is 24.3 Å². The number of nitro benzene ring substituents is 2. The number of hydrogen-bond donors (Lipinski definition) is 2. The lowest BCUT2D eigenvalue weighted by Gasteiger charge is -2.25. The Hall–Kier alpha value is -8.24. The molecule has 71 heavy (non-hydrogen) atoms. The first-order valence-corrected chi connectivity index (χ1v) is 21.0. The number of alkyl halides is 6. The monoisotopic (exact) mass is 994 g/mol. The van der Waals surface area contributed by atoms with E-state index in [-0.39, 0.29) is 60.2 Å². The lowest BCUT2D eigenvalue weighted by Crippen LogP contribution is -2.39. The van der Waals surface area contributed by atoms with Crippen LogP contribution in [0.4, 0.5) is 37.7 Å². The summed E-state index contributed by atoms with van der Waals surface area (Å²) in [6.45, 7) is -0.378. The van der Waals surface area contributed by atoms with Gasteiger partial charge < -0.3 is 29.2 Å². The van der Waals surface area contributed by atoms with Gasteiger partial charge in [0.15, 0.2) is 11.6 Å². The first-order chi connectivity index (χ1) is 33.6. The molecule has 0 aliphatic rings. The fraction of sp³-hybridized carbons (Fsp3) is 0.224. The minimum absolute atomic E-state index is 0.0582. The van der Waals surface area contributed by atoms with Crippen molar-refractivity contribution in [3.05, 3.63) is 175 Å². The molecule has 0 heterocycles. The van der Waals surface area contributed by atoms with Gasteiger partial charge in [-0.05, 0) is 115 Å². The predicted molar refractivity (Wildman–Crippen MR) is 240 cm³/mol. The summed E-state index contributed by atoms with van der Waals surface area (Å²) in [4.78, 5) is 73.8. The Labute approximate surface area is 398 Å². The number of aliphatic hydroxyl groups excluding tert-OH is 2. The molecule has 2 atom stereocenters. The van der Waals surface area contributed by atoms with Crippen molar-refractivity contribution >= 4 is 47.0 Å². The average molecular weight is 995 g/mol. The summed E-state index contributed by atoms with van der Waals surface area (Å²) in [7, 11) is 0. The molecule has 2 N–H and O–H groups in total. The fourth-order valence-electron chi connectivity index (χ4n) is 6.43. The molecule has 0 aliphatic carbocycles. The molecule has 0 aliphatic heterocycles. The summed E-state index contributed by atoms with van der Waals surface area (Å²) >= 11 is 0. The Balaban J connectivity index is 1.23. The first kappa shape index (κ1) is 53.7. The fourth-order valence-corrected chi connectivity index (χ4v) is 6.43. The van der Waals surface area contributed by atoms with E-state index in [2.05, 4.69) is 0 Å². The van der Waals surface area contributed by atoms with Crippen molar-refractivity contribution < 1.29 is 84.5 Å². The van der Waals surface area contributed by atoms with Crippen molar-refractivity contribution in [3.8, 4) is 23.0 Å². The average Bonchev–Trinajstić information content (AvgIpc) is 3.33. The molecule has 0 saturated carbocycles. The van der Waals surface area contributed by atoms with Crippen LogP contribution >= 0.6 is 0 Å². The van der Waals surface area contributed by atoms with Crippen molar-refractivity contribution in [2.24, 2.45) is 0 Å². The highest BCUT2D eigenvalue weighted by Gasteiger charge is 2.40. The molecule has 0 radical (unpaired) electrons. The number of benzene rings is 5. The molecule has 0 aromatic heterocycles. The van der Waals surface area contributed by atoms with Crippen molar-refractivity contribution in [2.75, 3.05) is 13.2 Å². The SMILES string of the molecule is O=C(Oc1ccc(/C=C/C(=O)C(O)C(c2ccc([N+](=O)[O-])cc2[N+](=O)[O-])C(O)C(=O)/C=C/c2ccc(OC(=O)c3ccc(OCCCC(F)(F)F)cc3)cc2)cc1)c1ccc(OCCCC(F)(F)F)cc1. The molecular formula is C49H40F6N2O14. The lowest BCUT2D eigenvalue weighted by atomic mass is 9.83. The molecule has 2 unspecified atom stereocenters. The summed E-state index contributed by atoms with van der Waals surface area (Å²) in [5.74, 6) is -5.36. The number of nitro groups is 2. The Morgan fingerprint density at radius 2 is 0.930 bits per heavy atom. The zero-order chi connectivity index (χ0) is 51.9. The van der Waals surface area contributed by atoms with Crippen molar-refractivity contribution in [2.45, 2.75) is 56.2 Å². The van der Waals surface area contributed by atoms with E-state index in [4.69, 9.17) is 18.9 Å². The number of non-ortho nitro benzene ring substituents is 1. The molecule has 16 nitrogen and oxygen atoms in total.